The first-order valence-corrected chi connectivity index (χ1v) is 8.56. The first kappa shape index (κ1) is 13.9. The second-order valence-electron chi connectivity index (χ2n) is 5.84. The van der Waals surface area contributed by atoms with Crippen molar-refractivity contribution in [1.29, 1.82) is 0 Å². The van der Waals surface area contributed by atoms with E-state index < -0.39 is 10.8 Å². The lowest BCUT2D eigenvalue weighted by Gasteiger charge is -2.30. The second-order valence-corrected chi connectivity index (χ2v) is 8.27. The van der Waals surface area contributed by atoms with Gasteiger partial charge in [0.05, 0.1) is 0 Å². The predicted molar refractivity (Wildman–Crippen MR) is 77.9 cm³/mol. The van der Waals surface area contributed by atoms with Gasteiger partial charge in [0.1, 0.15) is 5.82 Å². The van der Waals surface area contributed by atoms with Crippen LogP contribution in [0.5, 0.6) is 0 Å². The summed E-state index contributed by atoms with van der Waals surface area (Å²) in [6.07, 6.45) is 1.99. The number of anilines is 1. The van der Waals surface area contributed by atoms with E-state index in [-0.39, 0.29) is 5.41 Å². The zero-order valence-corrected chi connectivity index (χ0v) is 13.1. The van der Waals surface area contributed by atoms with Crippen LogP contribution in [0.3, 0.4) is 0 Å². The summed E-state index contributed by atoms with van der Waals surface area (Å²) in [4.78, 5) is 6.84. The zero-order valence-electron chi connectivity index (χ0n) is 11.5. The topological polar surface area (TPSA) is 46.1 Å². The van der Waals surface area contributed by atoms with Crippen LogP contribution in [-0.4, -0.2) is 38.2 Å². The third-order valence-electron chi connectivity index (χ3n) is 3.29. The zero-order chi connectivity index (χ0) is 13.3. The molecule has 4 nitrogen and oxygen atoms in total. The molecule has 0 aliphatic carbocycles. The quantitative estimate of drug-likeness (QED) is 0.836. The van der Waals surface area contributed by atoms with E-state index in [1.165, 1.54) is 11.5 Å². The Morgan fingerprint density at radius 3 is 2.44 bits per heavy atom. The first-order chi connectivity index (χ1) is 8.38. The van der Waals surface area contributed by atoms with Crippen molar-refractivity contribution in [3.63, 3.8) is 0 Å². The average Bonchev–Trinajstić information content (AvgIpc) is 2.78. The largest absolute Gasteiger partial charge is 0.347 e. The molecule has 1 saturated heterocycles. The molecule has 1 aliphatic heterocycles. The summed E-state index contributed by atoms with van der Waals surface area (Å²) in [5.74, 6) is 2.55. The molecular weight excluding hydrogens is 266 g/mol. The van der Waals surface area contributed by atoms with Gasteiger partial charge in [-0.05, 0) is 12.8 Å². The molecule has 2 rings (SSSR count). The normalized spacial score (nSPS) is 25.1. The highest BCUT2D eigenvalue weighted by Gasteiger charge is 2.26. The van der Waals surface area contributed by atoms with Crippen LogP contribution in [0.15, 0.2) is 0 Å². The van der Waals surface area contributed by atoms with Crippen LogP contribution < -0.4 is 4.90 Å². The van der Waals surface area contributed by atoms with Gasteiger partial charge in [-0.15, -0.1) is 0 Å². The summed E-state index contributed by atoms with van der Waals surface area (Å²) in [6, 6.07) is 0.462. The lowest BCUT2D eigenvalue weighted by molar-refractivity contribution is 0.547. The van der Waals surface area contributed by atoms with Crippen molar-refractivity contribution in [3.05, 3.63) is 5.82 Å². The number of hydrogen-bond acceptors (Lipinski definition) is 5. The highest BCUT2D eigenvalue weighted by atomic mass is 32.2. The van der Waals surface area contributed by atoms with Crippen molar-refractivity contribution in [2.24, 2.45) is 0 Å². The minimum absolute atomic E-state index is 0.00362. The van der Waals surface area contributed by atoms with Gasteiger partial charge in [0, 0.05) is 52.3 Å². The molecule has 0 unspecified atom stereocenters. The Bertz CT molecular complexity index is 429. The lowest BCUT2D eigenvalue weighted by Crippen LogP contribution is -2.37. The maximum atomic E-state index is 11.4. The molecule has 2 heterocycles. The van der Waals surface area contributed by atoms with Gasteiger partial charge in [-0.2, -0.15) is 4.37 Å². The molecule has 1 aromatic heterocycles. The van der Waals surface area contributed by atoms with E-state index in [1.54, 1.807) is 0 Å². The number of aromatic nitrogens is 2. The number of hydrogen-bond donors (Lipinski definition) is 0. The average molecular weight is 287 g/mol. The highest BCUT2D eigenvalue weighted by molar-refractivity contribution is 7.85. The van der Waals surface area contributed by atoms with Gasteiger partial charge < -0.3 is 4.90 Å². The van der Waals surface area contributed by atoms with E-state index in [4.69, 9.17) is 0 Å². The van der Waals surface area contributed by atoms with Crippen molar-refractivity contribution in [3.8, 4) is 0 Å². The maximum Gasteiger partial charge on any atom is 0.205 e. The predicted octanol–water partition coefficient (Wildman–Crippen LogP) is 2.18. The third-order valence-corrected chi connectivity index (χ3v) is 5.48. The monoisotopic (exact) mass is 287 g/mol. The van der Waals surface area contributed by atoms with Crippen molar-refractivity contribution >= 4 is 27.5 Å². The van der Waals surface area contributed by atoms with Crippen LogP contribution in [-0.2, 0) is 16.2 Å². The van der Waals surface area contributed by atoms with Crippen LogP contribution in [0.4, 0.5) is 5.13 Å². The van der Waals surface area contributed by atoms with Gasteiger partial charge in [0.2, 0.25) is 5.13 Å². The van der Waals surface area contributed by atoms with Gasteiger partial charge in [0.25, 0.3) is 0 Å². The molecular formula is C12H21N3OS2. The summed E-state index contributed by atoms with van der Waals surface area (Å²) in [6.45, 7) is 6.38. The fourth-order valence-electron chi connectivity index (χ4n) is 1.99. The molecule has 0 atom stereocenters. The minimum atomic E-state index is -0.602. The Morgan fingerprint density at radius 2 is 1.94 bits per heavy atom. The fourth-order valence-corrected chi connectivity index (χ4v) is 4.15. The Labute approximate surface area is 115 Å². The van der Waals surface area contributed by atoms with E-state index >= 15 is 0 Å². The van der Waals surface area contributed by atoms with Crippen LogP contribution >= 0.6 is 11.5 Å². The van der Waals surface area contributed by atoms with E-state index in [9.17, 15) is 4.21 Å². The molecule has 0 saturated carbocycles. The smallest absolute Gasteiger partial charge is 0.205 e. The fraction of sp³-hybridized carbons (Fsp3) is 0.833. The Kier molecular flexibility index (Phi) is 4.06. The Morgan fingerprint density at radius 1 is 1.33 bits per heavy atom. The van der Waals surface area contributed by atoms with Crippen molar-refractivity contribution < 1.29 is 4.21 Å². The lowest BCUT2D eigenvalue weighted by atomic mass is 9.96. The van der Waals surface area contributed by atoms with Gasteiger partial charge >= 0.3 is 0 Å². The molecule has 18 heavy (non-hydrogen) atoms. The highest BCUT2D eigenvalue weighted by Crippen LogP contribution is 2.27. The van der Waals surface area contributed by atoms with Crippen LogP contribution in [0.2, 0.25) is 0 Å². The third kappa shape index (κ3) is 3.09. The minimum Gasteiger partial charge on any atom is -0.347 e. The van der Waals surface area contributed by atoms with Gasteiger partial charge in [0.15, 0.2) is 0 Å². The summed E-state index contributed by atoms with van der Waals surface area (Å²) in [5.41, 5.74) is 0.00362. The standard InChI is InChI=1S/C12H21N3OS2/c1-12(2,3)10-13-11(17-14-10)15(4)9-5-7-18(16)8-6-9/h9H,5-8H2,1-4H3. The SMILES string of the molecule is CN(c1nc(C(C)(C)C)ns1)C1CCS(=O)CC1. The molecule has 6 heteroatoms. The van der Waals surface area contributed by atoms with Crippen LogP contribution in [0.25, 0.3) is 0 Å². The van der Waals surface area contributed by atoms with Crippen LogP contribution in [0, 0.1) is 0 Å². The summed E-state index contributed by atoms with van der Waals surface area (Å²) < 4.78 is 15.8. The molecule has 102 valence electrons. The molecule has 0 spiro atoms. The van der Waals surface area contributed by atoms with Crippen molar-refractivity contribution in [2.45, 2.75) is 45.1 Å². The molecule has 0 N–H and O–H groups in total. The molecule has 1 aliphatic rings. The van der Waals surface area contributed by atoms with Gasteiger partial charge in [-0.1, -0.05) is 20.8 Å². The Balaban J connectivity index is 2.07. The van der Waals surface area contributed by atoms with E-state index in [2.05, 4.69) is 42.1 Å². The molecule has 0 aromatic carbocycles. The van der Waals surface area contributed by atoms with E-state index in [0.717, 1.165) is 35.3 Å². The summed E-state index contributed by atoms with van der Waals surface area (Å²) >= 11 is 1.47. The van der Waals surface area contributed by atoms with Crippen LogP contribution in [0.1, 0.15) is 39.4 Å². The second kappa shape index (κ2) is 5.25. The van der Waals surface area contributed by atoms with Gasteiger partial charge in [-0.3, -0.25) is 4.21 Å². The van der Waals surface area contributed by atoms with E-state index in [0.29, 0.717) is 6.04 Å². The summed E-state index contributed by atoms with van der Waals surface area (Å²) in [5, 5.41) is 0.984. The summed E-state index contributed by atoms with van der Waals surface area (Å²) in [7, 11) is 1.47. The molecule has 0 amide bonds. The van der Waals surface area contributed by atoms with Gasteiger partial charge in [-0.25, -0.2) is 4.98 Å². The Hall–Kier alpha value is -0.490. The maximum absolute atomic E-state index is 11.4. The molecule has 1 fully saturated rings. The van der Waals surface area contributed by atoms with E-state index in [1.807, 2.05) is 0 Å². The number of rotatable bonds is 2. The molecule has 1 aromatic rings. The number of nitrogens with zero attached hydrogens (tertiary/aromatic N) is 3. The van der Waals surface area contributed by atoms with Crippen molar-refractivity contribution in [2.75, 3.05) is 23.5 Å². The molecule has 0 bridgehead atoms. The first-order valence-electron chi connectivity index (χ1n) is 6.30. The molecule has 0 radical (unpaired) electrons. The van der Waals surface area contributed by atoms with Crippen molar-refractivity contribution in [1.82, 2.24) is 9.36 Å².